The molecule has 0 aliphatic heterocycles. The van der Waals surface area contributed by atoms with Crippen LogP contribution in [0.2, 0.25) is 0 Å². The minimum atomic E-state index is -0.315. The van der Waals surface area contributed by atoms with Gasteiger partial charge in [0.05, 0.1) is 0 Å². The molecular formula is C4H11LiNO. The van der Waals surface area contributed by atoms with Crippen molar-refractivity contribution < 1.29 is 5.11 Å². The van der Waals surface area contributed by atoms with E-state index in [2.05, 4.69) is 0 Å². The molecule has 0 aromatic heterocycles. The monoisotopic (exact) mass is 96.1 g/mol. The van der Waals surface area contributed by atoms with E-state index >= 15 is 0 Å². The molecule has 2 nitrogen and oxygen atoms in total. The Kier molecular flexibility index (Phi) is 7.00. The van der Waals surface area contributed by atoms with E-state index in [-0.39, 0.29) is 25.1 Å². The summed E-state index contributed by atoms with van der Waals surface area (Å²) in [6.07, 6.45) is -0.315. The van der Waals surface area contributed by atoms with E-state index < -0.39 is 0 Å². The fraction of sp³-hybridized carbons (Fsp3) is 1.00. The fourth-order valence-corrected chi connectivity index (χ4v) is 0. The minimum Gasteiger partial charge on any atom is -0.379 e. The topological polar surface area (TPSA) is 23.5 Å². The SMILES string of the molecule is CC(O)N(C)C.[Li]. The maximum atomic E-state index is 8.56. The smallest absolute Gasteiger partial charge is 0.104 e. The average molecular weight is 96.1 g/mol. The van der Waals surface area contributed by atoms with Crippen LogP contribution < -0.4 is 0 Å². The Labute approximate surface area is 56.7 Å². The molecule has 1 N–H and O–H groups in total. The Morgan fingerprint density at radius 3 is 1.57 bits per heavy atom. The zero-order valence-electron chi connectivity index (χ0n) is 5.47. The average Bonchev–Trinajstić information content (AvgIpc) is 1.36. The van der Waals surface area contributed by atoms with Crippen LogP contribution in [0.25, 0.3) is 0 Å². The van der Waals surface area contributed by atoms with Crippen LogP contribution in [-0.4, -0.2) is 49.2 Å². The molecule has 0 aliphatic carbocycles. The van der Waals surface area contributed by atoms with Crippen molar-refractivity contribution in [3.8, 4) is 0 Å². The van der Waals surface area contributed by atoms with Crippen molar-refractivity contribution in [1.82, 2.24) is 4.90 Å². The van der Waals surface area contributed by atoms with E-state index in [4.69, 9.17) is 5.11 Å². The molecular weight excluding hydrogens is 85.0 g/mol. The molecule has 0 aromatic rings. The van der Waals surface area contributed by atoms with Crippen LogP contribution >= 0.6 is 0 Å². The first-order valence-corrected chi connectivity index (χ1v) is 1.99. The third-order valence-corrected chi connectivity index (χ3v) is 0.747. The summed E-state index contributed by atoms with van der Waals surface area (Å²) in [5.74, 6) is 0. The second kappa shape index (κ2) is 4.67. The molecule has 1 atom stereocenters. The van der Waals surface area contributed by atoms with Gasteiger partial charge in [-0.05, 0) is 21.0 Å². The molecule has 0 spiro atoms. The van der Waals surface area contributed by atoms with E-state index in [0.717, 1.165) is 0 Å². The molecule has 0 heterocycles. The van der Waals surface area contributed by atoms with Crippen molar-refractivity contribution in [1.29, 1.82) is 0 Å². The number of aliphatic hydroxyl groups excluding tert-OH is 1. The van der Waals surface area contributed by atoms with Crippen LogP contribution in [0.15, 0.2) is 0 Å². The van der Waals surface area contributed by atoms with Crippen molar-refractivity contribution in [2.24, 2.45) is 0 Å². The first kappa shape index (κ1) is 10.5. The van der Waals surface area contributed by atoms with Crippen LogP contribution in [0.4, 0.5) is 0 Å². The Morgan fingerprint density at radius 2 is 1.57 bits per heavy atom. The molecule has 0 fully saturated rings. The number of aliphatic hydroxyl groups is 1. The predicted octanol–water partition coefficient (Wildman–Crippen LogP) is -0.495. The Balaban J connectivity index is 0. The molecule has 0 amide bonds. The van der Waals surface area contributed by atoms with Crippen molar-refractivity contribution in [2.45, 2.75) is 13.2 Å². The van der Waals surface area contributed by atoms with E-state index in [1.165, 1.54) is 0 Å². The second-order valence-electron chi connectivity index (χ2n) is 1.60. The first-order chi connectivity index (χ1) is 2.64. The first-order valence-electron chi connectivity index (χ1n) is 1.99. The zero-order chi connectivity index (χ0) is 5.15. The van der Waals surface area contributed by atoms with Crippen molar-refractivity contribution in [3.05, 3.63) is 0 Å². The maximum absolute atomic E-state index is 8.56. The Morgan fingerprint density at radius 1 is 1.43 bits per heavy atom. The molecule has 0 saturated carbocycles. The summed E-state index contributed by atoms with van der Waals surface area (Å²) in [5, 5.41) is 8.56. The Bertz CT molecular complexity index is 32.7. The number of hydrogen-bond acceptors (Lipinski definition) is 2. The van der Waals surface area contributed by atoms with Gasteiger partial charge in [0.15, 0.2) is 0 Å². The summed E-state index contributed by atoms with van der Waals surface area (Å²) < 4.78 is 0. The van der Waals surface area contributed by atoms with Gasteiger partial charge >= 0.3 is 0 Å². The maximum Gasteiger partial charge on any atom is 0.104 e. The van der Waals surface area contributed by atoms with Crippen molar-refractivity contribution >= 4 is 18.9 Å². The van der Waals surface area contributed by atoms with E-state index in [1.807, 2.05) is 14.1 Å². The quantitative estimate of drug-likeness (QED) is 0.351. The van der Waals surface area contributed by atoms with Gasteiger partial charge in [0.2, 0.25) is 0 Å². The second-order valence-corrected chi connectivity index (χ2v) is 1.60. The number of rotatable bonds is 1. The van der Waals surface area contributed by atoms with E-state index in [9.17, 15) is 0 Å². The van der Waals surface area contributed by atoms with Gasteiger partial charge in [-0.15, -0.1) is 0 Å². The van der Waals surface area contributed by atoms with Crippen molar-refractivity contribution in [3.63, 3.8) is 0 Å². The van der Waals surface area contributed by atoms with Crippen LogP contribution in [0.1, 0.15) is 6.92 Å². The molecule has 3 heteroatoms. The molecule has 0 aliphatic rings. The minimum absolute atomic E-state index is 0. The summed E-state index contributed by atoms with van der Waals surface area (Å²) in [4.78, 5) is 1.72. The predicted molar refractivity (Wildman–Crippen MR) is 31.1 cm³/mol. The molecule has 0 saturated heterocycles. The molecule has 0 rings (SSSR count). The normalized spacial score (nSPS) is 13.3. The largest absolute Gasteiger partial charge is 0.379 e. The fourth-order valence-electron chi connectivity index (χ4n) is 0. The third-order valence-electron chi connectivity index (χ3n) is 0.747. The van der Waals surface area contributed by atoms with Gasteiger partial charge in [-0.3, -0.25) is 4.90 Å². The van der Waals surface area contributed by atoms with Gasteiger partial charge in [0, 0.05) is 18.9 Å². The molecule has 1 unspecified atom stereocenters. The molecule has 0 bridgehead atoms. The summed E-state index contributed by atoms with van der Waals surface area (Å²) in [7, 11) is 3.65. The van der Waals surface area contributed by atoms with Gasteiger partial charge in [0.1, 0.15) is 6.23 Å². The standard InChI is InChI=1S/C4H11NO.Li/c1-4(6)5(2)3;/h4,6H,1-3H3;. The van der Waals surface area contributed by atoms with E-state index in [0.29, 0.717) is 0 Å². The van der Waals surface area contributed by atoms with Gasteiger partial charge in [0.25, 0.3) is 0 Å². The van der Waals surface area contributed by atoms with Gasteiger partial charge in [-0.2, -0.15) is 0 Å². The van der Waals surface area contributed by atoms with Crippen molar-refractivity contribution in [2.75, 3.05) is 14.1 Å². The number of nitrogens with zero attached hydrogens (tertiary/aromatic N) is 1. The summed E-state index contributed by atoms with van der Waals surface area (Å²) in [5.41, 5.74) is 0. The Hall–Kier alpha value is 0.517. The summed E-state index contributed by atoms with van der Waals surface area (Å²) >= 11 is 0. The van der Waals surface area contributed by atoms with Crippen LogP contribution in [0.3, 0.4) is 0 Å². The third kappa shape index (κ3) is 6.52. The van der Waals surface area contributed by atoms with Crippen LogP contribution in [0.5, 0.6) is 0 Å². The van der Waals surface area contributed by atoms with Crippen LogP contribution in [-0.2, 0) is 0 Å². The summed E-state index contributed by atoms with van der Waals surface area (Å²) in [6.45, 7) is 1.72. The zero-order valence-corrected chi connectivity index (χ0v) is 5.47. The molecule has 0 aromatic carbocycles. The van der Waals surface area contributed by atoms with Gasteiger partial charge < -0.3 is 5.11 Å². The van der Waals surface area contributed by atoms with Crippen LogP contribution in [0, 0.1) is 0 Å². The van der Waals surface area contributed by atoms with Gasteiger partial charge in [-0.25, -0.2) is 0 Å². The van der Waals surface area contributed by atoms with Gasteiger partial charge in [-0.1, -0.05) is 0 Å². The molecule has 39 valence electrons. The van der Waals surface area contributed by atoms with E-state index in [1.54, 1.807) is 11.8 Å². The summed E-state index contributed by atoms with van der Waals surface area (Å²) in [6, 6.07) is 0. The number of hydrogen-bond donors (Lipinski definition) is 1. The molecule has 1 radical (unpaired) electrons. The molecule has 7 heavy (non-hydrogen) atoms.